The topological polar surface area (TPSA) is 90.7 Å². The first-order valence-electron chi connectivity index (χ1n) is 9.26. The number of esters is 1. The minimum absolute atomic E-state index is 0.0187. The number of carbonyl (C=O) groups is 2. The summed E-state index contributed by atoms with van der Waals surface area (Å²) in [4.78, 5) is 24.4. The number of carbonyl (C=O) groups excluding carboxylic acids is 2. The van der Waals surface area contributed by atoms with Gasteiger partial charge in [0.1, 0.15) is 23.9 Å². The van der Waals surface area contributed by atoms with Gasteiger partial charge in [0.2, 0.25) is 0 Å². The molecule has 0 radical (unpaired) electrons. The van der Waals surface area contributed by atoms with Crippen molar-refractivity contribution < 1.29 is 28.0 Å². The number of benzene rings is 2. The fourth-order valence-corrected chi connectivity index (χ4v) is 2.63. The summed E-state index contributed by atoms with van der Waals surface area (Å²) in [7, 11) is 0. The van der Waals surface area contributed by atoms with Gasteiger partial charge in [0.05, 0.1) is 22.5 Å². The molecule has 3 aromatic rings. The summed E-state index contributed by atoms with van der Waals surface area (Å²) >= 11 is 0. The lowest BCUT2D eigenvalue weighted by molar-refractivity contribution is -0.123. The number of aryl methyl sites for hydroxylation is 2. The lowest BCUT2D eigenvalue weighted by Gasteiger charge is -2.14. The maximum atomic E-state index is 13.6. The van der Waals surface area contributed by atoms with E-state index in [9.17, 15) is 14.0 Å². The second-order valence-electron chi connectivity index (χ2n) is 6.63. The minimum atomic E-state index is -1.10. The molecule has 1 aromatic heterocycles. The van der Waals surface area contributed by atoms with Crippen LogP contribution in [-0.4, -0.2) is 23.1 Å². The van der Waals surface area contributed by atoms with Gasteiger partial charge < -0.3 is 19.3 Å². The maximum absolute atomic E-state index is 13.6. The number of amides is 1. The van der Waals surface area contributed by atoms with E-state index in [-0.39, 0.29) is 17.9 Å². The van der Waals surface area contributed by atoms with Gasteiger partial charge in [0.15, 0.2) is 6.10 Å². The molecule has 7 nitrogen and oxygen atoms in total. The predicted octanol–water partition coefficient (Wildman–Crippen LogP) is 4.19. The Kier molecular flexibility index (Phi) is 6.46. The lowest BCUT2D eigenvalue weighted by atomic mass is 10.2. The summed E-state index contributed by atoms with van der Waals surface area (Å²) in [6, 6.07) is 12.1. The van der Waals surface area contributed by atoms with E-state index in [0.717, 1.165) is 11.3 Å². The summed E-state index contributed by atoms with van der Waals surface area (Å²) in [5, 5.41) is 6.26. The van der Waals surface area contributed by atoms with Crippen LogP contribution in [0.4, 0.5) is 10.1 Å². The van der Waals surface area contributed by atoms with Crippen LogP contribution in [0.1, 0.15) is 34.3 Å². The molecule has 0 aliphatic carbocycles. The normalized spacial score (nSPS) is 11.6. The maximum Gasteiger partial charge on any atom is 0.338 e. The summed E-state index contributed by atoms with van der Waals surface area (Å²) in [5.41, 5.74) is 1.90. The van der Waals surface area contributed by atoms with Gasteiger partial charge in [0.25, 0.3) is 5.91 Å². The van der Waals surface area contributed by atoms with Crippen LogP contribution in [0.2, 0.25) is 0 Å². The second-order valence-corrected chi connectivity index (χ2v) is 6.63. The number of para-hydroxylation sites is 1. The van der Waals surface area contributed by atoms with E-state index in [1.165, 1.54) is 37.3 Å². The summed E-state index contributed by atoms with van der Waals surface area (Å²) in [6.45, 7) is 5.34. The van der Waals surface area contributed by atoms with E-state index in [1.54, 1.807) is 25.1 Å². The Morgan fingerprint density at radius 1 is 1.13 bits per heavy atom. The minimum Gasteiger partial charge on any atom is -0.489 e. The average Bonchev–Trinajstić information content (AvgIpc) is 3.05. The number of hydrogen-bond acceptors (Lipinski definition) is 6. The van der Waals surface area contributed by atoms with Gasteiger partial charge in [-0.2, -0.15) is 0 Å². The van der Waals surface area contributed by atoms with E-state index < -0.39 is 23.8 Å². The molecule has 30 heavy (non-hydrogen) atoms. The van der Waals surface area contributed by atoms with E-state index >= 15 is 0 Å². The van der Waals surface area contributed by atoms with Crippen LogP contribution in [0.25, 0.3) is 0 Å². The summed E-state index contributed by atoms with van der Waals surface area (Å²) in [6.07, 6.45) is -1.10. The first-order valence-corrected chi connectivity index (χ1v) is 9.26. The first-order chi connectivity index (χ1) is 14.3. The molecular weight excluding hydrogens is 391 g/mol. The van der Waals surface area contributed by atoms with Crippen molar-refractivity contribution in [3.8, 4) is 5.75 Å². The van der Waals surface area contributed by atoms with Gasteiger partial charge in [-0.05, 0) is 57.2 Å². The summed E-state index contributed by atoms with van der Waals surface area (Å²) in [5.74, 6) is -0.639. The van der Waals surface area contributed by atoms with Crippen molar-refractivity contribution in [3.63, 3.8) is 0 Å². The monoisotopic (exact) mass is 412 g/mol. The number of aromatic nitrogens is 1. The number of nitrogens with zero attached hydrogens (tertiary/aromatic N) is 1. The van der Waals surface area contributed by atoms with Gasteiger partial charge in [-0.25, -0.2) is 9.18 Å². The molecule has 0 fully saturated rings. The van der Waals surface area contributed by atoms with E-state index in [0.29, 0.717) is 11.5 Å². The average molecular weight is 412 g/mol. The third-order valence-electron chi connectivity index (χ3n) is 4.44. The second kappa shape index (κ2) is 9.21. The highest BCUT2D eigenvalue weighted by atomic mass is 19.1. The number of anilines is 1. The number of nitrogens with one attached hydrogen (secondary N) is 1. The van der Waals surface area contributed by atoms with E-state index in [2.05, 4.69) is 10.5 Å². The molecule has 0 bridgehead atoms. The third-order valence-corrected chi connectivity index (χ3v) is 4.44. The Morgan fingerprint density at radius 2 is 1.83 bits per heavy atom. The zero-order valence-electron chi connectivity index (χ0n) is 16.8. The molecule has 2 aromatic carbocycles. The van der Waals surface area contributed by atoms with Crippen molar-refractivity contribution in [2.75, 3.05) is 5.32 Å². The van der Waals surface area contributed by atoms with Crippen LogP contribution in [0.15, 0.2) is 53.1 Å². The molecule has 0 aliphatic heterocycles. The summed E-state index contributed by atoms with van der Waals surface area (Å²) < 4.78 is 29.6. The Balaban J connectivity index is 1.55. The molecular formula is C22H21FN2O5. The molecule has 0 saturated carbocycles. The molecule has 1 N–H and O–H groups in total. The number of rotatable bonds is 7. The van der Waals surface area contributed by atoms with Gasteiger partial charge in [-0.3, -0.25) is 4.79 Å². The van der Waals surface area contributed by atoms with Crippen molar-refractivity contribution in [2.24, 2.45) is 0 Å². The Morgan fingerprint density at radius 3 is 2.47 bits per heavy atom. The zero-order valence-corrected chi connectivity index (χ0v) is 16.8. The Bertz CT molecular complexity index is 1030. The van der Waals surface area contributed by atoms with Crippen molar-refractivity contribution in [3.05, 3.63) is 76.9 Å². The van der Waals surface area contributed by atoms with Crippen LogP contribution in [0, 0.1) is 19.7 Å². The smallest absolute Gasteiger partial charge is 0.338 e. The van der Waals surface area contributed by atoms with E-state index in [4.69, 9.17) is 14.0 Å². The molecule has 156 valence electrons. The van der Waals surface area contributed by atoms with Crippen molar-refractivity contribution in [1.82, 2.24) is 5.16 Å². The molecule has 3 rings (SSSR count). The van der Waals surface area contributed by atoms with Crippen molar-refractivity contribution >= 4 is 17.6 Å². The van der Waals surface area contributed by atoms with Crippen molar-refractivity contribution in [1.29, 1.82) is 0 Å². The molecule has 0 saturated heterocycles. The van der Waals surface area contributed by atoms with Gasteiger partial charge in [0, 0.05) is 0 Å². The number of ether oxygens (including phenoxy) is 2. The number of halogens is 1. The van der Waals surface area contributed by atoms with Crippen LogP contribution >= 0.6 is 0 Å². The van der Waals surface area contributed by atoms with Gasteiger partial charge in [-0.15, -0.1) is 0 Å². The Labute approximate surface area is 172 Å². The highest BCUT2D eigenvalue weighted by Crippen LogP contribution is 2.19. The zero-order chi connectivity index (χ0) is 21.7. The van der Waals surface area contributed by atoms with Crippen molar-refractivity contribution in [2.45, 2.75) is 33.5 Å². The molecule has 0 spiro atoms. The van der Waals surface area contributed by atoms with E-state index in [1.807, 2.05) is 6.92 Å². The molecule has 8 heteroatoms. The molecule has 1 atom stereocenters. The van der Waals surface area contributed by atoms with Crippen LogP contribution < -0.4 is 10.1 Å². The van der Waals surface area contributed by atoms with Crippen LogP contribution in [-0.2, 0) is 16.1 Å². The van der Waals surface area contributed by atoms with Crippen LogP contribution in [0.3, 0.4) is 0 Å². The standard InChI is InChI=1S/C22H21FN2O5/c1-13-18(14(2)30-25-13)12-28-17-10-8-16(9-11-17)22(27)29-15(3)21(26)24-20-7-5-4-6-19(20)23/h4-11,15H,12H2,1-3H3,(H,24,26)/t15-/m1/s1. The Hall–Kier alpha value is -3.68. The SMILES string of the molecule is Cc1noc(C)c1COc1ccc(C(=O)O[C@H](C)C(=O)Nc2ccccc2F)cc1. The molecule has 0 aliphatic rings. The third kappa shape index (κ3) is 5.02. The highest BCUT2D eigenvalue weighted by Gasteiger charge is 2.20. The fraction of sp³-hybridized carbons (Fsp3) is 0.227. The van der Waals surface area contributed by atoms with Crippen LogP contribution in [0.5, 0.6) is 5.75 Å². The highest BCUT2D eigenvalue weighted by molar-refractivity contribution is 5.97. The predicted molar refractivity (Wildman–Crippen MR) is 107 cm³/mol. The largest absolute Gasteiger partial charge is 0.489 e. The fourth-order valence-electron chi connectivity index (χ4n) is 2.63. The first kappa shape index (κ1) is 21.0. The number of hydrogen-bond donors (Lipinski definition) is 1. The quantitative estimate of drug-likeness (QED) is 0.585. The molecule has 1 amide bonds. The van der Waals surface area contributed by atoms with Gasteiger partial charge in [-0.1, -0.05) is 17.3 Å². The molecule has 1 heterocycles. The van der Waals surface area contributed by atoms with Gasteiger partial charge >= 0.3 is 5.97 Å². The molecule has 0 unspecified atom stereocenters. The lowest BCUT2D eigenvalue weighted by Crippen LogP contribution is -2.30.